The second-order valence-corrected chi connectivity index (χ2v) is 5.95. The third-order valence-electron chi connectivity index (χ3n) is 4.19. The van der Waals surface area contributed by atoms with Crippen LogP contribution < -0.4 is 0 Å². The standard InChI is InChI=1S/C14H24N2O3/c1-10(17)8-15(2)14(19)11-7-13(18)16(9-11)12-5-3-4-6-12/h10-12,17H,3-9H2,1-2H3. The van der Waals surface area contributed by atoms with Gasteiger partial charge in [-0.2, -0.15) is 0 Å². The summed E-state index contributed by atoms with van der Waals surface area (Å²) >= 11 is 0. The van der Waals surface area contributed by atoms with Crippen molar-refractivity contribution < 1.29 is 14.7 Å². The lowest BCUT2D eigenvalue weighted by Gasteiger charge is -2.25. The molecule has 1 aliphatic carbocycles. The van der Waals surface area contributed by atoms with Gasteiger partial charge in [-0.15, -0.1) is 0 Å². The zero-order chi connectivity index (χ0) is 14.0. The number of likely N-dealkylation sites (N-methyl/N-ethyl adjacent to an activating group) is 1. The highest BCUT2D eigenvalue weighted by molar-refractivity contribution is 5.89. The molecular formula is C14H24N2O3. The van der Waals surface area contributed by atoms with E-state index < -0.39 is 6.10 Å². The highest BCUT2D eigenvalue weighted by Gasteiger charge is 2.39. The lowest BCUT2D eigenvalue weighted by Crippen LogP contribution is -2.39. The Hall–Kier alpha value is -1.10. The van der Waals surface area contributed by atoms with Crippen LogP contribution in [0.5, 0.6) is 0 Å². The summed E-state index contributed by atoms with van der Waals surface area (Å²) in [6.45, 7) is 2.55. The molecule has 0 aromatic rings. The Morgan fingerprint density at radius 3 is 2.68 bits per heavy atom. The van der Waals surface area contributed by atoms with Crippen LogP contribution in [0.2, 0.25) is 0 Å². The topological polar surface area (TPSA) is 60.9 Å². The summed E-state index contributed by atoms with van der Waals surface area (Å²) in [4.78, 5) is 27.7. The largest absolute Gasteiger partial charge is 0.392 e. The summed E-state index contributed by atoms with van der Waals surface area (Å²) in [5.74, 6) is -0.123. The van der Waals surface area contributed by atoms with Crippen molar-refractivity contribution in [1.29, 1.82) is 0 Å². The van der Waals surface area contributed by atoms with E-state index in [0.717, 1.165) is 12.8 Å². The average molecular weight is 268 g/mol. The molecule has 1 N–H and O–H groups in total. The Labute approximate surface area is 114 Å². The number of hydrogen-bond donors (Lipinski definition) is 1. The number of aliphatic hydroxyl groups excluding tert-OH is 1. The van der Waals surface area contributed by atoms with Crippen LogP contribution in [0.4, 0.5) is 0 Å². The second-order valence-electron chi connectivity index (χ2n) is 5.95. The minimum absolute atomic E-state index is 0.0188. The van der Waals surface area contributed by atoms with E-state index in [1.54, 1.807) is 18.9 Å². The zero-order valence-electron chi connectivity index (χ0n) is 11.8. The van der Waals surface area contributed by atoms with Gasteiger partial charge in [0.1, 0.15) is 0 Å². The summed E-state index contributed by atoms with van der Waals surface area (Å²) in [6, 6.07) is 0.354. The number of nitrogens with zero attached hydrogens (tertiary/aromatic N) is 2. The quantitative estimate of drug-likeness (QED) is 0.813. The zero-order valence-corrected chi connectivity index (χ0v) is 11.8. The molecule has 5 nitrogen and oxygen atoms in total. The van der Waals surface area contributed by atoms with E-state index in [-0.39, 0.29) is 17.7 Å². The molecule has 1 heterocycles. The fourth-order valence-corrected chi connectivity index (χ4v) is 3.26. The van der Waals surface area contributed by atoms with Crippen molar-refractivity contribution in [3.05, 3.63) is 0 Å². The summed E-state index contributed by atoms with van der Waals surface area (Å²) < 4.78 is 0. The molecule has 0 bridgehead atoms. The minimum Gasteiger partial charge on any atom is -0.392 e. The smallest absolute Gasteiger partial charge is 0.227 e. The van der Waals surface area contributed by atoms with Crippen molar-refractivity contribution in [2.75, 3.05) is 20.1 Å². The van der Waals surface area contributed by atoms with Crippen molar-refractivity contribution in [2.45, 2.75) is 51.2 Å². The molecule has 2 rings (SSSR count). The van der Waals surface area contributed by atoms with Gasteiger partial charge < -0.3 is 14.9 Å². The first-order chi connectivity index (χ1) is 8.99. The van der Waals surface area contributed by atoms with E-state index in [1.165, 1.54) is 12.8 Å². The van der Waals surface area contributed by atoms with E-state index >= 15 is 0 Å². The van der Waals surface area contributed by atoms with Gasteiger partial charge in [-0.1, -0.05) is 12.8 Å². The number of amides is 2. The number of hydrogen-bond acceptors (Lipinski definition) is 3. The molecule has 5 heteroatoms. The highest BCUT2D eigenvalue weighted by atomic mass is 16.3. The van der Waals surface area contributed by atoms with E-state index in [9.17, 15) is 14.7 Å². The Morgan fingerprint density at radius 2 is 2.11 bits per heavy atom. The van der Waals surface area contributed by atoms with Crippen LogP contribution in [0, 0.1) is 5.92 Å². The normalized spacial score (nSPS) is 25.9. The molecule has 1 saturated heterocycles. The third-order valence-corrected chi connectivity index (χ3v) is 4.19. The van der Waals surface area contributed by atoms with Gasteiger partial charge in [0.05, 0.1) is 12.0 Å². The molecule has 2 aliphatic rings. The van der Waals surface area contributed by atoms with Gasteiger partial charge in [-0.05, 0) is 19.8 Å². The van der Waals surface area contributed by atoms with Gasteiger partial charge in [-0.3, -0.25) is 9.59 Å². The molecule has 0 aromatic heterocycles. The van der Waals surface area contributed by atoms with Gasteiger partial charge in [0.15, 0.2) is 0 Å². The first-order valence-corrected chi connectivity index (χ1v) is 7.21. The van der Waals surface area contributed by atoms with Crippen molar-refractivity contribution in [3.8, 4) is 0 Å². The molecule has 2 fully saturated rings. The molecule has 108 valence electrons. The molecule has 0 aromatic carbocycles. The summed E-state index contributed by atoms with van der Waals surface area (Å²) in [7, 11) is 1.69. The van der Waals surface area contributed by atoms with Crippen LogP contribution in [0.15, 0.2) is 0 Å². The number of aliphatic hydroxyl groups is 1. The number of rotatable bonds is 4. The third kappa shape index (κ3) is 3.26. The van der Waals surface area contributed by atoms with Crippen LogP contribution in [0.25, 0.3) is 0 Å². The molecule has 0 radical (unpaired) electrons. The Balaban J connectivity index is 1.92. The van der Waals surface area contributed by atoms with Gasteiger partial charge in [-0.25, -0.2) is 0 Å². The molecule has 2 atom stereocenters. The monoisotopic (exact) mass is 268 g/mol. The SMILES string of the molecule is CC(O)CN(C)C(=O)C1CC(=O)N(C2CCCC2)C1. The van der Waals surface area contributed by atoms with Crippen molar-refractivity contribution in [3.63, 3.8) is 0 Å². The molecule has 2 unspecified atom stereocenters. The van der Waals surface area contributed by atoms with Crippen molar-refractivity contribution in [1.82, 2.24) is 9.80 Å². The first-order valence-electron chi connectivity index (χ1n) is 7.21. The molecular weight excluding hydrogens is 244 g/mol. The second kappa shape index (κ2) is 5.90. The maximum absolute atomic E-state index is 12.2. The van der Waals surface area contributed by atoms with Crippen molar-refractivity contribution in [2.24, 2.45) is 5.92 Å². The predicted molar refractivity (Wildman–Crippen MR) is 71.4 cm³/mol. The maximum Gasteiger partial charge on any atom is 0.227 e. The number of likely N-dealkylation sites (tertiary alicyclic amines) is 1. The number of carbonyl (C=O) groups excluding carboxylic acids is 2. The fraction of sp³-hybridized carbons (Fsp3) is 0.857. The Bertz CT molecular complexity index is 351. The maximum atomic E-state index is 12.2. The summed E-state index contributed by atoms with van der Waals surface area (Å²) in [5, 5.41) is 9.32. The van der Waals surface area contributed by atoms with Crippen LogP contribution in [0.1, 0.15) is 39.0 Å². The Morgan fingerprint density at radius 1 is 1.47 bits per heavy atom. The van der Waals surface area contributed by atoms with Gasteiger partial charge in [0.25, 0.3) is 0 Å². The predicted octanol–water partition coefficient (Wildman–Crippen LogP) is 0.617. The van der Waals surface area contributed by atoms with E-state index in [4.69, 9.17) is 0 Å². The van der Waals surface area contributed by atoms with Gasteiger partial charge >= 0.3 is 0 Å². The lowest BCUT2D eigenvalue weighted by atomic mass is 10.1. The van der Waals surface area contributed by atoms with Gasteiger partial charge in [0.2, 0.25) is 11.8 Å². The molecule has 0 spiro atoms. The van der Waals surface area contributed by atoms with Crippen LogP contribution in [-0.2, 0) is 9.59 Å². The lowest BCUT2D eigenvalue weighted by molar-refractivity contribution is -0.135. The van der Waals surface area contributed by atoms with Crippen molar-refractivity contribution >= 4 is 11.8 Å². The molecule has 1 aliphatic heterocycles. The van der Waals surface area contributed by atoms with Crippen LogP contribution in [-0.4, -0.2) is 59.0 Å². The first kappa shape index (κ1) is 14.3. The average Bonchev–Trinajstić information content (AvgIpc) is 2.95. The molecule has 19 heavy (non-hydrogen) atoms. The Kier molecular flexibility index (Phi) is 4.45. The molecule has 1 saturated carbocycles. The highest BCUT2D eigenvalue weighted by Crippen LogP contribution is 2.30. The fourth-order valence-electron chi connectivity index (χ4n) is 3.26. The molecule has 2 amide bonds. The number of carbonyl (C=O) groups is 2. The van der Waals surface area contributed by atoms with Crippen LogP contribution in [0.3, 0.4) is 0 Å². The summed E-state index contributed by atoms with van der Waals surface area (Å²) in [6.07, 6.45) is 4.34. The summed E-state index contributed by atoms with van der Waals surface area (Å²) in [5.41, 5.74) is 0. The van der Waals surface area contributed by atoms with E-state index in [2.05, 4.69) is 0 Å². The van der Waals surface area contributed by atoms with E-state index in [1.807, 2.05) is 4.90 Å². The minimum atomic E-state index is -0.531. The van der Waals surface area contributed by atoms with Gasteiger partial charge in [0, 0.05) is 32.6 Å². The van der Waals surface area contributed by atoms with E-state index in [0.29, 0.717) is 25.6 Å². The van der Waals surface area contributed by atoms with Crippen LogP contribution >= 0.6 is 0 Å².